The van der Waals surface area contributed by atoms with Crippen LogP contribution in [-0.2, 0) is 16.1 Å². The molecule has 2 heterocycles. The topological polar surface area (TPSA) is 97.6 Å². The number of aromatic nitrogens is 2. The molecule has 0 saturated carbocycles. The molecule has 0 bridgehead atoms. The van der Waals surface area contributed by atoms with E-state index in [1.54, 1.807) is 31.2 Å². The van der Waals surface area contributed by atoms with E-state index in [1.165, 1.54) is 5.56 Å². The van der Waals surface area contributed by atoms with E-state index in [0.29, 0.717) is 42.7 Å². The van der Waals surface area contributed by atoms with Gasteiger partial charge < -0.3 is 14.6 Å². The molecular formula is C25H28N4O4. The number of hydrogen-bond donors (Lipinski definition) is 1. The monoisotopic (exact) mass is 448 g/mol. The molecule has 1 aliphatic rings. The fourth-order valence-electron chi connectivity index (χ4n) is 3.89. The molecule has 1 unspecified atom stereocenters. The normalized spacial score (nSPS) is 16.4. The predicted molar refractivity (Wildman–Crippen MR) is 124 cm³/mol. The van der Waals surface area contributed by atoms with Crippen molar-refractivity contribution in [3.63, 3.8) is 0 Å². The number of piperidine rings is 1. The lowest BCUT2D eigenvalue weighted by atomic mass is 9.97. The highest BCUT2D eigenvalue weighted by Gasteiger charge is 2.27. The molecule has 172 valence electrons. The summed E-state index contributed by atoms with van der Waals surface area (Å²) in [6, 6.07) is 14.7. The minimum atomic E-state index is -0.371. The first kappa shape index (κ1) is 22.7. The molecule has 1 saturated heterocycles. The van der Waals surface area contributed by atoms with Gasteiger partial charge in [-0.3, -0.25) is 9.69 Å². The summed E-state index contributed by atoms with van der Waals surface area (Å²) < 4.78 is 10.4. The number of nitrogens with zero attached hydrogens (tertiary/aromatic N) is 3. The average molecular weight is 449 g/mol. The standard InChI is InChI=1S/C25H28N4O4/c1-3-32-25(31)19-10-12-21(13-11-19)26-24(30)20-5-4-14-29(15-20)16-22-27-23(28-33-22)18-8-6-17(2)7-9-18/h6-13,20H,3-5,14-16H2,1-2H3,(H,26,30). The van der Waals surface area contributed by atoms with Crippen LogP contribution in [0.15, 0.2) is 53.1 Å². The van der Waals surface area contributed by atoms with Gasteiger partial charge in [0.2, 0.25) is 17.6 Å². The molecule has 1 aromatic heterocycles. The molecule has 0 spiro atoms. The second-order valence-corrected chi connectivity index (χ2v) is 8.24. The van der Waals surface area contributed by atoms with Gasteiger partial charge in [-0.1, -0.05) is 35.0 Å². The van der Waals surface area contributed by atoms with Crippen LogP contribution in [0, 0.1) is 12.8 Å². The van der Waals surface area contributed by atoms with Gasteiger partial charge in [0.15, 0.2) is 0 Å². The van der Waals surface area contributed by atoms with E-state index in [-0.39, 0.29) is 17.8 Å². The summed E-state index contributed by atoms with van der Waals surface area (Å²) in [7, 11) is 0. The number of aryl methyl sites for hydroxylation is 1. The van der Waals surface area contributed by atoms with Crippen LogP contribution < -0.4 is 5.32 Å². The zero-order chi connectivity index (χ0) is 23.2. The Morgan fingerprint density at radius 3 is 2.64 bits per heavy atom. The molecule has 1 atom stereocenters. The molecule has 4 rings (SSSR count). The molecule has 1 N–H and O–H groups in total. The van der Waals surface area contributed by atoms with Gasteiger partial charge >= 0.3 is 5.97 Å². The molecule has 33 heavy (non-hydrogen) atoms. The maximum Gasteiger partial charge on any atom is 0.338 e. The molecular weight excluding hydrogens is 420 g/mol. The van der Waals surface area contributed by atoms with E-state index < -0.39 is 0 Å². The summed E-state index contributed by atoms with van der Waals surface area (Å²) in [6.07, 6.45) is 1.74. The first-order chi connectivity index (χ1) is 16.0. The SMILES string of the molecule is CCOC(=O)c1ccc(NC(=O)C2CCCN(Cc3nc(-c4ccc(C)cc4)no3)C2)cc1. The minimum absolute atomic E-state index is 0.0329. The summed E-state index contributed by atoms with van der Waals surface area (Å²) in [5.41, 5.74) is 3.21. The number of benzene rings is 2. The largest absolute Gasteiger partial charge is 0.462 e. The van der Waals surface area contributed by atoms with Crippen LogP contribution in [0.25, 0.3) is 11.4 Å². The molecule has 0 aliphatic carbocycles. The Morgan fingerprint density at radius 2 is 1.91 bits per heavy atom. The lowest BCUT2D eigenvalue weighted by Crippen LogP contribution is -2.40. The van der Waals surface area contributed by atoms with Gasteiger partial charge in [0, 0.05) is 17.8 Å². The number of esters is 1. The predicted octanol–water partition coefficient (Wildman–Crippen LogP) is 4.07. The van der Waals surface area contributed by atoms with Crippen molar-refractivity contribution in [1.29, 1.82) is 0 Å². The van der Waals surface area contributed by atoms with Crippen LogP contribution in [0.2, 0.25) is 0 Å². The minimum Gasteiger partial charge on any atom is -0.462 e. The number of carbonyl (C=O) groups is 2. The quantitative estimate of drug-likeness (QED) is 0.544. The summed E-state index contributed by atoms with van der Waals surface area (Å²) in [5.74, 6) is 0.575. The fraction of sp³-hybridized carbons (Fsp3) is 0.360. The highest BCUT2D eigenvalue weighted by atomic mass is 16.5. The molecule has 1 aliphatic heterocycles. The first-order valence-electron chi connectivity index (χ1n) is 11.2. The Kier molecular flexibility index (Phi) is 7.14. The second-order valence-electron chi connectivity index (χ2n) is 8.24. The van der Waals surface area contributed by atoms with E-state index >= 15 is 0 Å². The van der Waals surface area contributed by atoms with Crippen molar-refractivity contribution in [3.8, 4) is 11.4 Å². The van der Waals surface area contributed by atoms with Gasteiger partial charge in [0.05, 0.1) is 24.6 Å². The van der Waals surface area contributed by atoms with Gasteiger partial charge in [0.25, 0.3) is 0 Å². The molecule has 8 heteroatoms. The zero-order valence-corrected chi connectivity index (χ0v) is 18.9. The Bertz CT molecular complexity index is 1090. The van der Waals surface area contributed by atoms with E-state index in [9.17, 15) is 9.59 Å². The van der Waals surface area contributed by atoms with Crippen LogP contribution in [0.3, 0.4) is 0 Å². The average Bonchev–Trinajstić information content (AvgIpc) is 3.28. The number of carbonyl (C=O) groups excluding carboxylic acids is 2. The van der Waals surface area contributed by atoms with E-state index in [4.69, 9.17) is 9.26 Å². The number of ether oxygens (including phenoxy) is 1. The summed E-state index contributed by atoms with van der Waals surface area (Å²) >= 11 is 0. The molecule has 0 radical (unpaired) electrons. The molecule has 1 amide bonds. The zero-order valence-electron chi connectivity index (χ0n) is 18.9. The van der Waals surface area contributed by atoms with Gasteiger partial charge in [-0.25, -0.2) is 4.79 Å². The molecule has 3 aromatic rings. The van der Waals surface area contributed by atoms with Crippen molar-refractivity contribution in [3.05, 3.63) is 65.5 Å². The highest BCUT2D eigenvalue weighted by molar-refractivity contribution is 5.94. The Balaban J connectivity index is 1.32. The number of rotatable bonds is 7. The number of hydrogen-bond acceptors (Lipinski definition) is 7. The molecule has 1 fully saturated rings. The van der Waals surface area contributed by atoms with Crippen molar-refractivity contribution in [2.75, 3.05) is 25.0 Å². The van der Waals surface area contributed by atoms with Gasteiger partial charge in [-0.05, 0) is 57.5 Å². The Morgan fingerprint density at radius 1 is 1.15 bits per heavy atom. The van der Waals surface area contributed by atoms with Crippen LogP contribution in [0.1, 0.15) is 41.6 Å². The van der Waals surface area contributed by atoms with Gasteiger partial charge in [-0.2, -0.15) is 4.98 Å². The number of nitrogens with one attached hydrogen (secondary N) is 1. The molecule has 2 aromatic carbocycles. The van der Waals surface area contributed by atoms with Crippen molar-refractivity contribution in [2.24, 2.45) is 5.92 Å². The first-order valence-corrected chi connectivity index (χ1v) is 11.2. The third kappa shape index (κ3) is 5.84. The lowest BCUT2D eigenvalue weighted by Gasteiger charge is -2.30. The lowest BCUT2D eigenvalue weighted by molar-refractivity contribution is -0.121. The van der Waals surface area contributed by atoms with Crippen molar-refractivity contribution < 1.29 is 18.8 Å². The highest BCUT2D eigenvalue weighted by Crippen LogP contribution is 2.22. The molecule has 8 nitrogen and oxygen atoms in total. The Labute approximate surface area is 192 Å². The summed E-state index contributed by atoms with van der Waals surface area (Å²) in [5, 5.41) is 7.05. The third-order valence-corrected chi connectivity index (χ3v) is 5.68. The summed E-state index contributed by atoms with van der Waals surface area (Å²) in [4.78, 5) is 31.3. The maximum atomic E-state index is 12.8. The van der Waals surface area contributed by atoms with E-state index in [1.807, 2.05) is 31.2 Å². The number of amides is 1. The van der Waals surface area contributed by atoms with Crippen molar-refractivity contribution >= 4 is 17.6 Å². The maximum absolute atomic E-state index is 12.8. The number of anilines is 1. The van der Waals surface area contributed by atoms with Crippen LogP contribution in [-0.4, -0.2) is 46.6 Å². The van der Waals surface area contributed by atoms with E-state index in [0.717, 1.165) is 24.9 Å². The van der Waals surface area contributed by atoms with Crippen LogP contribution in [0.5, 0.6) is 0 Å². The van der Waals surface area contributed by atoms with Crippen LogP contribution in [0.4, 0.5) is 5.69 Å². The van der Waals surface area contributed by atoms with Crippen LogP contribution >= 0.6 is 0 Å². The van der Waals surface area contributed by atoms with Crippen molar-refractivity contribution in [1.82, 2.24) is 15.0 Å². The Hall–Kier alpha value is -3.52. The van der Waals surface area contributed by atoms with Gasteiger partial charge in [0.1, 0.15) is 0 Å². The smallest absolute Gasteiger partial charge is 0.338 e. The van der Waals surface area contributed by atoms with E-state index in [2.05, 4.69) is 20.4 Å². The fourth-order valence-corrected chi connectivity index (χ4v) is 3.89. The van der Waals surface area contributed by atoms with Gasteiger partial charge in [-0.15, -0.1) is 0 Å². The summed E-state index contributed by atoms with van der Waals surface area (Å²) in [6.45, 7) is 6.13. The number of likely N-dealkylation sites (tertiary alicyclic amines) is 1. The second kappa shape index (κ2) is 10.4. The third-order valence-electron chi connectivity index (χ3n) is 5.68. The van der Waals surface area contributed by atoms with Crippen molar-refractivity contribution in [2.45, 2.75) is 33.2 Å².